The van der Waals surface area contributed by atoms with E-state index in [1.165, 1.54) is 11.8 Å². The number of carbonyl (C=O) groups excluding carboxylic acids is 1. The third-order valence-electron chi connectivity index (χ3n) is 5.09. The number of amides is 1. The number of benzene rings is 2. The molecular formula is C22H21N5OS. The van der Waals surface area contributed by atoms with Crippen molar-refractivity contribution in [2.24, 2.45) is 0 Å². The summed E-state index contributed by atoms with van der Waals surface area (Å²) in [5, 5.41) is 13.8. The molecule has 7 heteroatoms. The molecule has 1 amide bonds. The second-order valence-corrected chi connectivity index (χ2v) is 8.25. The molecule has 0 spiro atoms. The van der Waals surface area contributed by atoms with Crippen molar-refractivity contribution in [3.05, 3.63) is 60.3 Å². The molecule has 5 rings (SSSR count). The standard InChI is InChI=1S/C22H21N5OS/c1-14-6-2-5-9-19(14)27-21(17-12-23-18-8-4-3-7-16(17)18)25-26-22(27)29-13-20(28)24-15-10-11-15/h2-9,12,15,23H,10-11,13H2,1H3,(H,24,28). The molecule has 1 saturated carbocycles. The van der Waals surface area contributed by atoms with Gasteiger partial charge in [-0.1, -0.05) is 48.2 Å². The van der Waals surface area contributed by atoms with Crippen molar-refractivity contribution in [1.29, 1.82) is 0 Å². The van der Waals surface area contributed by atoms with E-state index < -0.39 is 0 Å². The topological polar surface area (TPSA) is 75.6 Å². The maximum atomic E-state index is 12.2. The summed E-state index contributed by atoms with van der Waals surface area (Å²) in [6.45, 7) is 2.07. The molecule has 2 N–H and O–H groups in total. The SMILES string of the molecule is Cc1ccccc1-n1c(SCC(=O)NC2CC2)nnc1-c1c[nH]c2ccccc12. The molecule has 0 unspecified atom stereocenters. The molecule has 2 heterocycles. The minimum absolute atomic E-state index is 0.0467. The number of para-hydroxylation sites is 2. The van der Waals surface area contributed by atoms with Gasteiger partial charge in [0, 0.05) is 28.7 Å². The Morgan fingerprint density at radius 1 is 1.17 bits per heavy atom. The van der Waals surface area contributed by atoms with Crippen LogP contribution in [0.5, 0.6) is 0 Å². The van der Waals surface area contributed by atoms with Gasteiger partial charge in [-0.25, -0.2) is 0 Å². The summed E-state index contributed by atoms with van der Waals surface area (Å²) in [5.41, 5.74) is 4.19. The minimum Gasteiger partial charge on any atom is -0.360 e. The monoisotopic (exact) mass is 403 g/mol. The van der Waals surface area contributed by atoms with E-state index in [4.69, 9.17) is 0 Å². The first kappa shape index (κ1) is 18.0. The van der Waals surface area contributed by atoms with Gasteiger partial charge in [-0.05, 0) is 37.5 Å². The summed E-state index contributed by atoms with van der Waals surface area (Å²) in [7, 11) is 0. The van der Waals surface area contributed by atoms with E-state index in [0.717, 1.165) is 46.4 Å². The van der Waals surface area contributed by atoms with E-state index >= 15 is 0 Å². The number of rotatable bonds is 6. The number of hydrogen-bond acceptors (Lipinski definition) is 4. The van der Waals surface area contributed by atoms with Crippen LogP contribution in [-0.4, -0.2) is 37.5 Å². The molecule has 29 heavy (non-hydrogen) atoms. The van der Waals surface area contributed by atoms with Gasteiger partial charge in [0.2, 0.25) is 5.91 Å². The highest BCUT2D eigenvalue weighted by atomic mass is 32.2. The number of thioether (sulfide) groups is 1. The second kappa shape index (κ2) is 7.40. The second-order valence-electron chi connectivity index (χ2n) is 7.31. The van der Waals surface area contributed by atoms with Gasteiger partial charge in [0.1, 0.15) is 0 Å². The van der Waals surface area contributed by atoms with Crippen LogP contribution in [0.25, 0.3) is 28.0 Å². The van der Waals surface area contributed by atoms with E-state index in [9.17, 15) is 4.79 Å². The molecule has 0 bridgehead atoms. The largest absolute Gasteiger partial charge is 0.360 e. The van der Waals surface area contributed by atoms with Gasteiger partial charge in [-0.2, -0.15) is 0 Å². The van der Waals surface area contributed by atoms with Gasteiger partial charge >= 0.3 is 0 Å². The summed E-state index contributed by atoms with van der Waals surface area (Å²) in [6, 6.07) is 16.7. The zero-order valence-corrected chi connectivity index (χ0v) is 16.9. The van der Waals surface area contributed by atoms with Crippen LogP contribution in [0.1, 0.15) is 18.4 Å². The lowest BCUT2D eigenvalue weighted by atomic mass is 10.1. The van der Waals surface area contributed by atoms with Crippen LogP contribution in [0.15, 0.2) is 59.9 Å². The first-order valence-corrected chi connectivity index (χ1v) is 10.7. The van der Waals surface area contributed by atoms with Crippen molar-refractivity contribution in [3.8, 4) is 17.1 Å². The number of aromatic nitrogens is 4. The fourth-order valence-electron chi connectivity index (χ4n) is 3.45. The number of aryl methyl sites for hydroxylation is 1. The molecule has 4 aromatic rings. The predicted molar refractivity (Wildman–Crippen MR) is 115 cm³/mol. The molecule has 6 nitrogen and oxygen atoms in total. The van der Waals surface area contributed by atoms with Crippen molar-refractivity contribution in [3.63, 3.8) is 0 Å². The highest BCUT2D eigenvalue weighted by molar-refractivity contribution is 7.99. The summed E-state index contributed by atoms with van der Waals surface area (Å²) in [6.07, 6.45) is 4.14. The van der Waals surface area contributed by atoms with Crippen LogP contribution < -0.4 is 5.32 Å². The van der Waals surface area contributed by atoms with Crippen LogP contribution in [0.4, 0.5) is 0 Å². The van der Waals surface area contributed by atoms with Crippen molar-refractivity contribution in [1.82, 2.24) is 25.1 Å². The number of H-pyrrole nitrogens is 1. The van der Waals surface area contributed by atoms with Crippen molar-refractivity contribution < 1.29 is 4.79 Å². The molecule has 1 aliphatic carbocycles. The lowest BCUT2D eigenvalue weighted by Crippen LogP contribution is -2.27. The molecule has 0 saturated heterocycles. The quantitative estimate of drug-likeness (QED) is 0.476. The van der Waals surface area contributed by atoms with Crippen molar-refractivity contribution in [2.75, 3.05) is 5.75 Å². The van der Waals surface area contributed by atoms with Gasteiger partial charge < -0.3 is 10.3 Å². The average Bonchev–Trinajstić information content (AvgIpc) is 3.29. The Bertz CT molecular complexity index is 1190. The van der Waals surface area contributed by atoms with Crippen molar-refractivity contribution >= 4 is 28.6 Å². The third-order valence-corrected chi connectivity index (χ3v) is 6.02. The Hall–Kier alpha value is -3.06. The van der Waals surface area contributed by atoms with Gasteiger partial charge in [-0.3, -0.25) is 9.36 Å². The molecule has 1 fully saturated rings. The lowest BCUT2D eigenvalue weighted by Gasteiger charge is -2.12. The van der Waals surface area contributed by atoms with Crippen molar-refractivity contribution in [2.45, 2.75) is 31.0 Å². The molecule has 2 aromatic carbocycles. The van der Waals surface area contributed by atoms with Gasteiger partial charge in [0.15, 0.2) is 11.0 Å². The molecule has 146 valence electrons. The van der Waals surface area contributed by atoms with E-state index in [-0.39, 0.29) is 5.91 Å². The van der Waals surface area contributed by atoms with Gasteiger partial charge in [0.25, 0.3) is 0 Å². The Morgan fingerprint density at radius 2 is 1.97 bits per heavy atom. The highest BCUT2D eigenvalue weighted by Crippen LogP contribution is 2.33. The maximum Gasteiger partial charge on any atom is 0.230 e. The number of carbonyl (C=O) groups is 1. The zero-order valence-electron chi connectivity index (χ0n) is 16.1. The molecule has 0 atom stereocenters. The molecule has 1 aliphatic rings. The Balaban J connectivity index is 1.57. The predicted octanol–water partition coefficient (Wildman–Crippen LogP) is 4.09. The van der Waals surface area contributed by atoms with E-state index in [2.05, 4.69) is 50.2 Å². The lowest BCUT2D eigenvalue weighted by molar-refractivity contribution is -0.118. The third kappa shape index (κ3) is 3.53. The van der Waals surface area contributed by atoms with E-state index in [0.29, 0.717) is 17.0 Å². The number of aromatic amines is 1. The zero-order chi connectivity index (χ0) is 19.8. The first-order chi connectivity index (χ1) is 14.2. The Morgan fingerprint density at radius 3 is 2.79 bits per heavy atom. The first-order valence-electron chi connectivity index (χ1n) is 9.71. The minimum atomic E-state index is 0.0467. The Kier molecular flexibility index (Phi) is 4.60. The highest BCUT2D eigenvalue weighted by Gasteiger charge is 2.24. The van der Waals surface area contributed by atoms with Gasteiger partial charge in [-0.15, -0.1) is 10.2 Å². The number of fused-ring (bicyclic) bond motifs is 1. The molecular weight excluding hydrogens is 382 g/mol. The van der Waals surface area contributed by atoms with Crippen LogP contribution in [0.2, 0.25) is 0 Å². The van der Waals surface area contributed by atoms with Gasteiger partial charge in [0.05, 0.1) is 11.4 Å². The summed E-state index contributed by atoms with van der Waals surface area (Å²) in [5.74, 6) is 1.14. The molecule has 0 aliphatic heterocycles. The number of hydrogen-bond donors (Lipinski definition) is 2. The van der Waals surface area contributed by atoms with E-state index in [1.54, 1.807) is 0 Å². The van der Waals surface area contributed by atoms with Crippen LogP contribution in [0.3, 0.4) is 0 Å². The normalized spacial score (nSPS) is 13.7. The number of nitrogens with zero attached hydrogens (tertiary/aromatic N) is 3. The average molecular weight is 404 g/mol. The summed E-state index contributed by atoms with van der Waals surface area (Å²) in [4.78, 5) is 15.5. The molecule has 0 radical (unpaired) electrons. The molecule has 2 aromatic heterocycles. The summed E-state index contributed by atoms with van der Waals surface area (Å²) >= 11 is 1.42. The van der Waals surface area contributed by atoms with Crippen LogP contribution in [-0.2, 0) is 4.79 Å². The smallest absolute Gasteiger partial charge is 0.230 e. The van der Waals surface area contributed by atoms with Crippen LogP contribution >= 0.6 is 11.8 Å². The maximum absolute atomic E-state index is 12.2. The fraction of sp³-hybridized carbons (Fsp3) is 0.227. The van der Waals surface area contributed by atoms with E-state index in [1.807, 2.05) is 36.5 Å². The van der Waals surface area contributed by atoms with Crippen LogP contribution in [0, 0.1) is 6.92 Å². The Labute approximate surface area is 172 Å². The fourth-order valence-corrected chi connectivity index (χ4v) is 4.21. The number of nitrogens with one attached hydrogen (secondary N) is 2. The summed E-state index contributed by atoms with van der Waals surface area (Å²) < 4.78 is 2.06.